The summed E-state index contributed by atoms with van der Waals surface area (Å²) in [5.74, 6) is 1.77. The van der Waals surface area contributed by atoms with Crippen LogP contribution in [0.2, 0.25) is 0 Å². The van der Waals surface area contributed by atoms with Gasteiger partial charge in [0, 0.05) is 38.4 Å². The van der Waals surface area contributed by atoms with Gasteiger partial charge in [0.15, 0.2) is 0 Å². The van der Waals surface area contributed by atoms with E-state index < -0.39 is 0 Å². The van der Waals surface area contributed by atoms with E-state index in [0.29, 0.717) is 6.42 Å². The molecule has 1 aromatic heterocycles. The van der Waals surface area contributed by atoms with Crippen LogP contribution in [0.5, 0.6) is 0 Å². The van der Waals surface area contributed by atoms with Gasteiger partial charge in [-0.3, -0.25) is 9.89 Å². The molecule has 1 aliphatic heterocycles. The molecular weight excluding hydrogens is 238 g/mol. The second-order valence-electron chi connectivity index (χ2n) is 3.93. The van der Waals surface area contributed by atoms with E-state index in [1.807, 2.05) is 11.8 Å². The number of nitrogens with one attached hydrogen (secondary N) is 2. The van der Waals surface area contributed by atoms with Crippen LogP contribution >= 0.6 is 11.8 Å². The molecule has 2 rings (SSSR count). The molecule has 0 atom stereocenters. The number of amides is 1. The van der Waals surface area contributed by atoms with E-state index in [-0.39, 0.29) is 5.91 Å². The normalized spacial score (nSPS) is 16.2. The van der Waals surface area contributed by atoms with Crippen molar-refractivity contribution in [1.82, 2.24) is 25.4 Å². The van der Waals surface area contributed by atoms with Crippen LogP contribution in [0, 0.1) is 6.92 Å². The van der Waals surface area contributed by atoms with Gasteiger partial charge in [0.2, 0.25) is 11.1 Å². The predicted molar refractivity (Wildman–Crippen MR) is 65.9 cm³/mol. The van der Waals surface area contributed by atoms with E-state index in [0.717, 1.165) is 42.9 Å². The summed E-state index contributed by atoms with van der Waals surface area (Å²) < 4.78 is 0. The fourth-order valence-electron chi connectivity index (χ4n) is 1.69. The average Bonchev–Trinajstić information content (AvgIpc) is 2.76. The number of thioether (sulfide) groups is 1. The summed E-state index contributed by atoms with van der Waals surface area (Å²) in [6.45, 7) is 5.31. The van der Waals surface area contributed by atoms with Gasteiger partial charge in [-0.1, -0.05) is 11.8 Å². The van der Waals surface area contributed by atoms with Crippen molar-refractivity contribution >= 4 is 17.7 Å². The number of hydrogen-bond donors (Lipinski definition) is 2. The van der Waals surface area contributed by atoms with Gasteiger partial charge in [0.25, 0.3) is 0 Å². The number of nitrogens with zero attached hydrogens (tertiary/aromatic N) is 3. The van der Waals surface area contributed by atoms with Gasteiger partial charge in [-0.15, -0.1) is 5.10 Å². The number of aromatic nitrogens is 3. The van der Waals surface area contributed by atoms with E-state index >= 15 is 0 Å². The van der Waals surface area contributed by atoms with Crippen molar-refractivity contribution in [3.8, 4) is 0 Å². The monoisotopic (exact) mass is 255 g/mol. The summed E-state index contributed by atoms with van der Waals surface area (Å²) in [7, 11) is 0. The molecule has 1 saturated heterocycles. The molecule has 0 saturated carbocycles. The topological polar surface area (TPSA) is 73.9 Å². The molecule has 7 heteroatoms. The van der Waals surface area contributed by atoms with Crippen LogP contribution in [0.25, 0.3) is 0 Å². The Morgan fingerprint density at radius 2 is 2.24 bits per heavy atom. The minimum absolute atomic E-state index is 0.228. The molecule has 1 aromatic rings. The highest BCUT2D eigenvalue weighted by atomic mass is 32.2. The number of piperazine rings is 1. The zero-order chi connectivity index (χ0) is 12.1. The van der Waals surface area contributed by atoms with Crippen LogP contribution in [0.4, 0.5) is 0 Å². The SMILES string of the molecule is Cc1nc(SCCC(=O)N2CCNCC2)n[nH]1. The molecule has 0 radical (unpaired) electrons. The molecule has 1 amide bonds. The van der Waals surface area contributed by atoms with Crippen LogP contribution in [0.15, 0.2) is 5.16 Å². The van der Waals surface area contributed by atoms with E-state index in [2.05, 4.69) is 20.5 Å². The second-order valence-corrected chi connectivity index (χ2v) is 4.99. The zero-order valence-electron chi connectivity index (χ0n) is 9.90. The van der Waals surface area contributed by atoms with Crippen molar-refractivity contribution in [2.75, 3.05) is 31.9 Å². The van der Waals surface area contributed by atoms with Gasteiger partial charge in [0.1, 0.15) is 5.82 Å². The largest absolute Gasteiger partial charge is 0.340 e. The van der Waals surface area contributed by atoms with Gasteiger partial charge in [0.05, 0.1) is 0 Å². The number of carbonyl (C=O) groups is 1. The number of aryl methyl sites for hydroxylation is 1. The summed E-state index contributed by atoms with van der Waals surface area (Å²) >= 11 is 1.52. The van der Waals surface area contributed by atoms with Crippen LogP contribution < -0.4 is 5.32 Å². The first-order chi connectivity index (χ1) is 8.25. The Kier molecular flexibility index (Phi) is 4.38. The Labute approximate surface area is 105 Å². The first kappa shape index (κ1) is 12.4. The Balaban J connectivity index is 1.69. The van der Waals surface area contributed by atoms with Crippen LogP contribution in [0.1, 0.15) is 12.2 Å². The third-order valence-corrected chi connectivity index (χ3v) is 3.44. The van der Waals surface area contributed by atoms with E-state index in [4.69, 9.17) is 0 Å². The number of aromatic amines is 1. The molecule has 1 fully saturated rings. The van der Waals surface area contributed by atoms with E-state index in [1.54, 1.807) is 0 Å². The molecule has 0 unspecified atom stereocenters. The maximum absolute atomic E-state index is 11.8. The Bertz CT molecular complexity index is 375. The summed E-state index contributed by atoms with van der Waals surface area (Å²) in [5.41, 5.74) is 0. The number of carbonyl (C=O) groups excluding carboxylic acids is 1. The van der Waals surface area contributed by atoms with E-state index in [9.17, 15) is 4.79 Å². The first-order valence-corrected chi connectivity index (χ1v) is 6.74. The zero-order valence-corrected chi connectivity index (χ0v) is 10.7. The molecule has 0 aromatic carbocycles. The summed E-state index contributed by atoms with van der Waals surface area (Å²) in [4.78, 5) is 17.9. The first-order valence-electron chi connectivity index (χ1n) is 5.76. The smallest absolute Gasteiger partial charge is 0.223 e. The lowest BCUT2D eigenvalue weighted by Crippen LogP contribution is -2.46. The number of hydrogen-bond acceptors (Lipinski definition) is 5. The predicted octanol–water partition coefficient (Wildman–Crippen LogP) is 0.0271. The Hall–Kier alpha value is -1.08. The summed E-state index contributed by atoms with van der Waals surface area (Å²) in [6.07, 6.45) is 0.554. The number of H-pyrrole nitrogens is 1. The van der Waals surface area contributed by atoms with Crippen LogP contribution in [-0.2, 0) is 4.79 Å². The van der Waals surface area contributed by atoms with Crippen LogP contribution in [-0.4, -0.2) is 57.9 Å². The third-order valence-electron chi connectivity index (χ3n) is 2.59. The Morgan fingerprint density at radius 3 is 2.88 bits per heavy atom. The fraction of sp³-hybridized carbons (Fsp3) is 0.700. The maximum Gasteiger partial charge on any atom is 0.223 e. The highest BCUT2D eigenvalue weighted by Crippen LogP contribution is 2.13. The molecule has 94 valence electrons. The minimum atomic E-state index is 0.228. The van der Waals surface area contributed by atoms with Crippen molar-refractivity contribution in [3.63, 3.8) is 0 Å². The maximum atomic E-state index is 11.8. The molecular formula is C10H17N5OS. The lowest BCUT2D eigenvalue weighted by atomic mass is 10.3. The highest BCUT2D eigenvalue weighted by Gasteiger charge is 2.15. The second kappa shape index (κ2) is 6.02. The van der Waals surface area contributed by atoms with Gasteiger partial charge >= 0.3 is 0 Å². The van der Waals surface area contributed by atoms with Gasteiger partial charge < -0.3 is 10.2 Å². The lowest BCUT2D eigenvalue weighted by molar-refractivity contribution is -0.131. The summed E-state index contributed by atoms with van der Waals surface area (Å²) in [6, 6.07) is 0. The lowest BCUT2D eigenvalue weighted by Gasteiger charge is -2.27. The van der Waals surface area contributed by atoms with Crippen molar-refractivity contribution in [3.05, 3.63) is 5.82 Å². The standard InChI is InChI=1S/C10H17N5OS/c1-8-12-10(14-13-8)17-7-2-9(16)15-5-3-11-4-6-15/h11H,2-7H2,1H3,(H,12,13,14). The van der Waals surface area contributed by atoms with Gasteiger partial charge in [-0.05, 0) is 6.92 Å². The third kappa shape index (κ3) is 3.71. The van der Waals surface area contributed by atoms with E-state index in [1.165, 1.54) is 11.8 Å². The Morgan fingerprint density at radius 1 is 1.47 bits per heavy atom. The van der Waals surface area contributed by atoms with Crippen molar-refractivity contribution < 1.29 is 4.79 Å². The van der Waals surface area contributed by atoms with Gasteiger partial charge in [-0.25, -0.2) is 4.98 Å². The molecule has 1 aliphatic rings. The molecule has 0 spiro atoms. The van der Waals surface area contributed by atoms with Crippen molar-refractivity contribution in [1.29, 1.82) is 0 Å². The van der Waals surface area contributed by atoms with Crippen molar-refractivity contribution in [2.45, 2.75) is 18.5 Å². The number of rotatable bonds is 4. The molecule has 2 N–H and O–H groups in total. The minimum Gasteiger partial charge on any atom is -0.340 e. The highest BCUT2D eigenvalue weighted by molar-refractivity contribution is 7.99. The van der Waals surface area contributed by atoms with Crippen molar-refractivity contribution in [2.24, 2.45) is 0 Å². The van der Waals surface area contributed by atoms with Gasteiger partial charge in [-0.2, -0.15) is 0 Å². The molecule has 6 nitrogen and oxygen atoms in total. The summed E-state index contributed by atoms with van der Waals surface area (Å²) in [5, 5.41) is 10.8. The molecule has 2 heterocycles. The molecule has 0 aliphatic carbocycles. The average molecular weight is 255 g/mol. The van der Waals surface area contributed by atoms with Crippen LogP contribution in [0.3, 0.4) is 0 Å². The fourth-order valence-corrected chi connectivity index (χ4v) is 2.46. The molecule has 17 heavy (non-hydrogen) atoms. The molecule has 0 bridgehead atoms. The quantitative estimate of drug-likeness (QED) is 0.742.